The molecule has 2 heterocycles. The number of amides is 1. The second-order valence-corrected chi connectivity index (χ2v) is 12.7. The number of anilines is 1. The number of aliphatic carboxylic acids is 1. The van der Waals surface area contributed by atoms with Gasteiger partial charge in [-0.1, -0.05) is 45.4 Å². The van der Waals surface area contributed by atoms with Gasteiger partial charge >= 0.3 is 5.97 Å². The number of rotatable bonds is 9. The number of piperazine rings is 1. The number of halogens is 1. The Balaban J connectivity index is 1.23. The Labute approximate surface area is 246 Å². The fraction of sp³-hybridized carbons (Fsp3) is 0.516. The zero-order valence-corrected chi connectivity index (χ0v) is 24.8. The highest BCUT2D eigenvalue weighted by Crippen LogP contribution is 2.59. The Kier molecular flexibility index (Phi) is 7.94. The predicted octanol–water partition coefficient (Wildman–Crippen LogP) is 4.95. The molecule has 0 unspecified atom stereocenters. The lowest BCUT2D eigenvalue weighted by Crippen LogP contribution is -2.74. The van der Waals surface area contributed by atoms with Gasteiger partial charge in [-0.2, -0.15) is 0 Å². The zero-order valence-electron chi connectivity index (χ0n) is 24.0. The molecule has 10 heteroatoms. The van der Waals surface area contributed by atoms with Gasteiger partial charge in [-0.05, 0) is 35.9 Å². The summed E-state index contributed by atoms with van der Waals surface area (Å²) in [5.74, 6) is -0.261. The molecule has 0 spiro atoms. The van der Waals surface area contributed by atoms with Crippen molar-refractivity contribution in [3.63, 3.8) is 0 Å². The minimum absolute atomic E-state index is 0.0202. The maximum absolute atomic E-state index is 13.7. The lowest BCUT2D eigenvalue weighted by Gasteiger charge is -2.65. The normalized spacial score (nSPS) is 23.1. The molecule has 0 atom stereocenters. The highest BCUT2D eigenvalue weighted by atomic mass is 35.5. The number of carboxylic acid groups (broad SMARTS) is 1. The van der Waals surface area contributed by atoms with E-state index >= 15 is 0 Å². The van der Waals surface area contributed by atoms with Crippen molar-refractivity contribution in [1.82, 2.24) is 9.80 Å². The molecule has 1 saturated heterocycles. The molecule has 1 N–H and O–H groups in total. The number of ether oxygens (including phenoxy) is 2. The molecule has 3 aliphatic rings. The van der Waals surface area contributed by atoms with Crippen molar-refractivity contribution in [2.24, 2.45) is 10.8 Å². The van der Waals surface area contributed by atoms with Gasteiger partial charge < -0.3 is 24.4 Å². The fourth-order valence-electron chi connectivity index (χ4n) is 7.32. The van der Waals surface area contributed by atoms with E-state index in [0.29, 0.717) is 36.2 Å². The van der Waals surface area contributed by atoms with Gasteiger partial charge in [0, 0.05) is 67.4 Å². The summed E-state index contributed by atoms with van der Waals surface area (Å²) in [5, 5.41) is 9.08. The number of carbonyl (C=O) groups is 2. The third-order valence-corrected chi connectivity index (χ3v) is 9.10. The first-order chi connectivity index (χ1) is 19.4. The zero-order chi connectivity index (χ0) is 29.5. The highest BCUT2D eigenvalue weighted by Gasteiger charge is 2.67. The van der Waals surface area contributed by atoms with Crippen LogP contribution in [-0.2, 0) is 16.1 Å². The molecule has 218 valence electrons. The maximum atomic E-state index is 13.7. The summed E-state index contributed by atoms with van der Waals surface area (Å²) in [4.78, 5) is 34.3. The van der Waals surface area contributed by atoms with Crippen LogP contribution >= 0.6 is 11.6 Å². The Morgan fingerprint density at radius 1 is 1.10 bits per heavy atom. The van der Waals surface area contributed by atoms with E-state index < -0.39 is 5.97 Å². The third kappa shape index (κ3) is 5.49. The largest absolute Gasteiger partial charge is 0.489 e. The van der Waals surface area contributed by atoms with Crippen LogP contribution < -0.4 is 9.64 Å². The average Bonchev–Trinajstić information content (AvgIpc) is 3.24. The molecule has 2 aromatic carbocycles. The minimum atomic E-state index is -0.949. The first-order valence-electron chi connectivity index (χ1n) is 14.0. The van der Waals surface area contributed by atoms with Gasteiger partial charge in [0.2, 0.25) is 5.69 Å². The lowest BCUT2D eigenvalue weighted by molar-refractivity contribution is -0.199. The second-order valence-electron chi connectivity index (χ2n) is 12.3. The summed E-state index contributed by atoms with van der Waals surface area (Å²) >= 11 is 6.26. The van der Waals surface area contributed by atoms with Crippen LogP contribution in [0.1, 0.15) is 43.6 Å². The van der Waals surface area contributed by atoms with Crippen LogP contribution in [0, 0.1) is 17.4 Å². The first kappa shape index (κ1) is 29.2. The standard InChI is InChI=1S/C31H37ClN4O5/c1-30(2)28(31(3,4)29(30)41-22-7-9-25(33-5)24(32)17-22)36-18-20-16-21(6-8-23(20)27(36)39)35-12-10-34(11-13-35)14-15-40-19-26(37)38/h6-9,16-17,28-29H,10-15,18-19H2,1-4H3,(H,37,38). The molecule has 0 bridgehead atoms. The first-order valence-corrected chi connectivity index (χ1v) is 14.4. The van der Waals surface area contributed by atoms with Gasteiger partial charge in [-0.3, -0.25) is 9.69 Å². The van der Waals surface area contributed by atoms with E-state index in [1.165, 1.54) is 0 Å². The van der Waals surface area contributed by atoms with E-state index in [4.69, 9.17) is 32.8 Å². The van der Waals surface area contributed by atoms with E-state index in [2.05, 4.69) is 48.4 Å². The fourth-order valence-corrected chi connectivity index (χ4v) is 7.53. The van der Waals surface area contributed by atoms with Crippen LogP contribution in [0.5, 0.6) is 5.75 Å². The molecule has 2 aromatic rings. The van der Waals surface area contributed by atoms with Crippen LogP contribution in [-0.4, -0.2) is 84.9 Å². The number of hydrogen-bond acceptors (Lipinski definition) is 6. The van der Waals surface area contributed by atoms with Crippen molar-refractivity contribution in [1.29, 1.82) is 0 Å². The van der Waals surface area contributed by atoms with Crippen LogP contribution in [0.15, 0.2) is 36.4 Å². The number of carbonyl (C=O) groups excluding carboxylic acids is 1. The molecule has 1 saturated carbocycles. The molecule has 2 aliphatic heterocycles. The van der Waals surface area contributed by atoms with Crippen molar-refractivity contribution in [3.8, 4) is 5.75 Å². The summed E-state index contributed by atoms with van der Waals surface area (Å²) < 4.78 is 11.6. The van der Waals surface area contributed by atoms with E-state index in [1.54, 1.807) is 18.2 Å². The van der Waals surface area contributed by atoms with Crippen molar-refractivity contribution in [2.45, 2.75) is 46.4 Å². The Bertz CT molecular complexity index is 1360. The smallest absolute Gasteiger partial charge is 0.329 e. The molecular weight excluding hydrogens is 544 g/mol. The lowest BCUT2D eigenvalue weighted by atomic mass is 9.49. The summed E-state index contributed by atoms with van der Waals surface area (Å²) in [6.45, 7) is 20.7. The summed E-state index contributed by atoms with van der Waals surface area (Å²) in [7, 11) is 0. The van der Waals surface area contributed by atoms with Crippen LogP contribution in [0.2, 0.25) is 5.02 Å². The molecule has 5 rings (SSSR count). The van der Waals surface area contributed by atoms with Gasteiger partial charge in [-0.15, -0.1) is 0 Å². The van der Waals surface area contributed by atoms with Crippen molar-refractivity contribution >= 4 is 34.9 Å². The maximum Gasteiger partial charge on any atom is 0.329 e. The molecule has 0 radical (unpaired) electrons. The number of carboxylic acids is 1. The number of benzene rings is 2. The van der Waals surface area contributed by atoms with Crippen LogP contribution in [0.3, 0.4) is 0 Å². The monoisotopic (exact) mass is 580 g/mol. The quantitative estimate of drug-likeness (QED) is 0.332. The van der Waals surface area contributed by atoms with Gasteiger partial charge in [0.25, 0.3) is 5.91 Å². The van der Waals surface area contributed by atoms with Gasteiger partial charge in [-0.25, -0.2) is 9.64 Å². The SMILES string of the molecule is [C-]#[N+]c1ccc(OC2C(C)(C)C(N3Cc4cc(N5CCN(CCOCC(=O)O)CC5)ccc4C3=O)C2(C)C)cc1Cl. The van der Waals surface area contributed by atoms with Crippen LogP contribution in [0.25, 0.3) is 4.85 Å². The third-order valence-electron chi connectivity index (χ3n) is 8.80. The van der Waals surface area contributed by atoms with E-state index in [1.807, 2.05) is 17.0 Å². The van der Waals surface area contributed by atoms with E-state index in [9.17, 15) is 9.59 Å². The minimum Gasteiger partial charge on any atom is -0.489 e. The van der Waals surface area contributed by atoms with Crippen LogP contribution in [0.4, 0.5) is 11.4 Å². The molecule has 0 aromatic heterocycles. The topological polar surface area (TPSA) is 86.9 Å². The molecule has 1 amide bonds. The molecule has 2 fully saturated rings. The van der Waals surface area contributed by atoms with Crippen molar-refractivity contribution < 1.29 is 24.2 Å². The average molecular weight is 581 g/mol. The highest BCUT2D eigenvalue weighted by molar-refractivity contribution is 6.33. The van der Waals surface area contributed by atoms with Gasteiger partial charge in [0.15, 0.2) is 0 Å². The van der Waals surface area contributed by atoms with E-state index in [-0.39, 0.29) is 35.5 Å². The summed E-state index contributed by atoms with van der Waals surface area (Å²) in [6.07, 6.45) is -0.146. The Morgan fingerprint density at radius 3 is 2.44 bits per heavy atom. The molecule has 9 nitrogen and oxygen atoms in total. The second kappa shape index (κ2) is 11.2. The number of nitrogens with zero attached hydrogens (tertiary/aromatic N) is 4. The summed E-state index contributed by atoms with van der Waals surface area (Å²) in [5.41, 5.74) is 2.72. The Morgan fingerprint density at radius 2 is 1.80 bits per heavy atom. The van der Waals surface area contributed by atoms with Crippen molar-refractivity contribution in [3.05, 3.63) is 64.0 Å². The number of hydrogen-bond donors (Lipinski definition) is 1. The van der Waals surface area contributed by atoms with Gasteiger partial charge in [0.1, 0.15) is 18.5 Å². The molecule has 1 aliphatic carbocycles. The number of fused-ring (bicyclic) bond motifs is 1. The Hall–Kier alpha value is -3.32. The van der Waals surface area contributed by atoms with Crippen molar-refractivity contribution in [2.75, 3.05) is 50.8 Å². The molecular formula is C31H37ClN4O5. The van der Waals surface area contributed by atoms with E-state index in [0.717, 1.165) is 43.0 Å². The predicted molar refractivity (Wildman–Crippen MR) is 157 cm³/mol. The summed E-state index contributed by atoms with van der Waals surface area (Å²) in [6, 6.07) is 11.3. The van der Waals surface area contributed by atoms with Gasteiger partial charge in [0.05, 0.1) is 18.2 Å². The molecule has 41 heavy (non-hydrogen) atoms.